The first kappa shape index (κ1) is 13.8. The van der Waals surface area contributed by atoms with Gasteiger partial charge in [-0.2, -0.15) is 0 Å². The number of aromatic nitrogens is 1. The summed E-state index contributed by atoms with van der Waals surface area (Å²) in [5.41, 5.74) is 3.03. The van der Waals surface area contributed by atoms with E-state index in [9.17, 15) is 4.79 Å². The van der Waals surface area contributed by atoms with Crippen LogP contribution >= 0.6 is 0 Å². The summed E-state index contributed by atoms with van der Waals surface area (Å²) in [5.74, 6) is 0. The molecule has 0 saturated heterocycles. The number of nitrogens with zero attached hydrogens (tertiary/aromatic N) is 2. The van der Waals surface area contributed by atoms with Crippen LogP contribution in [0, 0.1) is 0 Å². The van der Waals surface area contributed by atoms with Crippen molar-refractivity contribution in [2.75, 3.05) is 6.54 Å². The third kappa shape index (κ3) is 3.46. The van der Waals surface area contributed by atoms with Crippen LogP contribution in [0.25, 0.3) is 0 Å². The highest BCUT2D eigenvalue weighted by Crippen LogP contribution is 2.20. The van der Waals surface area contributed by atoms with E-state index in [0.29, 0.717) is 13.1 Å². The SMILES string of the molecule is CCc1cnc2c(c1)CN(C(=O)OC(C)(C)C)CC2. The second kappa shape index (κ2) is 5.19. The Morgan fingerprint density at radius 1 is 1.47 bits per heavy atom. The minimum atomic E-state index is -0.444. The van der Waals surface area contributed by atoms with Gasteiger partial charge in [0.25, 0.3) is 0 Å². The maximum atomic E-state index is 12.1. The summed E-state index contributed by atoms with van der Waals surface area (Å²) in [6, 6.07) is 2.15. The van der Waals surface area contributed by atoms with Crippen LogP contribution in [0.15, 0.2) is 12.3 Å². The maximum absolute atomic E-state index is 12.1. The molecule has 0 N–H and O–H groups in total. The first-order chi connectivity index (χ1) is 8.89. The molecule has 2 heterocycles. The number of carbonyl (C=O) groups is 1. The zero-order chi connectivity index (χ0) is 14.0. The first-order valence-electron chi connectivity index (χ1n) is 6.83. The van der Waals surface area contributed by atoms with Gasteiger partial charge in [-0.1, -0.05) is 13.0 Å². The topological polar surface area (TPSA) is 42.4 Å². The van der Waals surface area contributed by atoms with Crippen LogP contribution in [0.1, 0.15) is 44.5 Å². The molecule has 1 aliphatic heterocycles. The number of hydrogen-bond donors (Lipinski definition) is 0. The van der Waals surface area contributed by atoms with Crippen LogP contribution in [0.4, 0.5) is 4.79 Å². The Morgan fingerprint density at radius 3 is 2.84 bits per heavy atom. The van der Waals surface area contributed by atoms with Gasteiger partial charge in [-0.15, -0.1) is 0 Å². The van der Waals surface area contributed by atoms with Gasteiger partial charge in [0, 0.05) is 24.9 Å². The van der Waals surface area contributed by atoms with Crippen molar-refractivity contribution in [3.63, 3.8) is 0 Å². The minimum Gasteiger partial charge on any atom is -0.444 e. The molecular formula is C15H22N2O2. The van der Waals surface area contributed by atoms with Gasteiger partial charge in [0.05, 0.1) is 6.54 Å². The molecule has 0 aromatic carbocycles. The lowest BCUT2D eigenvalue weighted by Gasteiger charge is -2.30. The van der Waals surface area contributed by atoms with Gasteiger partial charge in [0.1, 0.15) is 5.60 Å². The van der Waals surface area contributed by atoms with E-state index in [-0.39, 0.29) is 6.09 Å². The average Bonchev–Trinajstić information content (AvgIpc) is 2.35. The molecule has 104 valence electrons. The van der Waals surface area contributed by atoms with Crippen LogP contribution in [0.3, 0.4) is 0 Å². The van der Waals surface area contributed by atoms with Crippen LogP contribution < -0.4 is 0 Å². The third-order valence-corrected chi connectivity index (χ3v) is 3.16. The highest BCUT2D eigenvalue weighted by atomic mass is 16.6. The molecule has 0 bridgehead atoms. The monoisotopic (exact) mass is 262 g/mol. The van der Waals surface area contributed by atoms with Gasteiger partial charge >= 0.3 is 6.09 Å². The van der Waals surface area contributed by atoms with Crippen LogP contribution in [-0.4, -0.2) is 28.1 Å². The van der Waals surface area contributed by atoms with Crippen LogP contribution in [0.5, 0.6) is 0 Å². The summed E-state index contributed by atoms with van der Waals surface area (Å²) >= 11 is 0. The number of aryl methyl sites for hydroxylation is 1. The van der Waals surface area contributed by atoms with Gasteiger partial charge in [-0.05, 0) is 38.3 Å². The van der Waals surface area contributed by atoms with Gasteiger partial charge in [-0.25, -0.2) is 4.79 Å². The van der Waals surface area contributed by atoms with Gasteiger partial charge in [-0.3, -0.25) is 4.98 Å². The van der Waals surface area contributed by atoms with Crippen molar-refractivity contribution in [1.82, 2.24) is 9.88 Å². The molecule has 4 nitrogen and oxygen atoms in total. The molecule has 0 fully saturated rings. The maximum Gasteiger partial charge on any atom is 0.410 e. The fraction of sp³-hybridized carbons (Fsp3) is 0.600. The Morgan fingerprint density at radius 2 is 2.21 bits per heavy atom. The van der Waals surface area contributed by atoms with Crippen molar-refractivity contribution < 1.29 is 9.53 Å². The largest absolute Gasteiger partial charge is 0.444 e. The van der Waals surface area contributed by atoms with E-state index in [1.165, 1.54) is 5.56 Å². The predicted molar refractivity (Wildman–Crippen MR) is 74.0 cm³/mol. The van der Waals surface area contributed by atoms with Crippen LogP contribution in [-0.2, 0) is 24.1 Å². The molecular weight excluding hydrogens is 240 g/mol. The Labute approximate surface area is 114 Å². The quantitative estimate of drug-likeness (QED) is 0.781. The van der Waals surface area contributed by atoms with Crippen LogP contribution in [0.2, 0.25) is 0 Å². The zero-order valence-electron chi connectivity index (χ0n) is 12.2. The lowest BCUT2D eigenvalue weighted by molar-refractivity contribution is 0.0222. The van der Waals surface area contributed by atoms with Crippen molar-refractivity contribution >= 4 is 6.09 Å². The summed E-state index contributed by atoms with van der Waals surface area (Å²) in [7, 11) is 0. The number of ether oxygens (including phenoxy) is 1. The standard InChI is InChI=1S/C15H22N2O2/c1-5-11-8-12-10-17(7-6-13(12)16-9-11)14(18)19-15(2,3)4/h8-9H,5-7,10H2,1-4H3. The Hall–Kier alpha value is -1.58. The van der Waals surface area contributed by atoms with Crippen molar-refractivity contribution in [1.29, 1.82) is 0 Å². The predicted octanol–water partition coefficient (Wildman–Crippen LogP) is 2.94. The number of rotatable bonds is 1. The Kier molecular flexibility index (Phi) is 3.78. The van der Waals surface area contributed by atoms with Crippen molar-refractivity contribution in [2.24, 2.45) is 0 Å². The van der Waals surface area contributed by atoms with E-state index in [2.05, 4.69) is 18.0 Å². The molecule has 1 aromatic heterocycles. The van der Waals surface area contributed by atoms with E-state index in [1.54, 1.807) is 4.90 Å². The number of hydrogen-bond acceptors (Lipinski definition) is 3. The number of pyridine rings is 1. The van der Waals surface area contributed by atoms with Gasteiger partial charge < -0.3 is 9.64 Å². The van der Waals surface area contributed by atoms with E-state index in [1.807, 2.05) is 27.0 Å². The minimum absolute atomic E-state index is 0.236. The number of carbonyl (C=O) groups excluding carboxylic acids is 1. The molecule has 19 heavy (non-hydrogen) atoms. The highest BCUT2D eigenvalue weighted by molar-refractivity contribution is 5.68. The van der Waals surface area contributed by atoms with Crippen molar-refractivity contribution in [2.45, 2.75) is 52.7 Å². The van der Waals surface area contributed by atoms with Crippen molar-refractivity contribution in [3.05, 3.63) is 29.1 Å². The Balaban J connectivity index is 2.10. The summed E-state index contributed by atoms with van der Waals surface area (Å²) in [6.07, 6.45) is 3.47. The van der Waals surface area contributed by atoms with E-state index < -0.39 is 5.60 Å². The fourth-order valence-electron chi connectivity index (χ4n) is 2.15. The second-order valence-corrected chi connectivity index (χ2v) is 5.95. The first-order valence-corrected chi connectivity index (χ1v) is 6.83. The van der Waals surface area contributed by atoms with Gasteiger partial charge in [0.2, 0.25) is 0 Å². The lowest BCUT2D eigenvalue weighted by Crippen LogP contribution is -2.40. The molecule has 4 heteroatoms. The molecule has 2 rings (SSSR count). The summed E-state index contributed by atoms with van der Waals surface area (Å²) in [5, 5.41) is 0. The lowest BCUT2D eigenvalue weighted by atomic mass is 10.0. The normalized spacial score (nSPS) is 15.1. The summed E-state index contributed by atoms with van der Waals surface area (Å²) < 4.78 is 5.42. The molecule has 0 atom stereocenters. The smallest absolute Gasteiger partial charge is 0.410 e. The molecule has 1 aliphatic rings. The highest BCUT2D eigenvalue weighted by Gasteiger charge is 2.26. The zero-order valence-corrected chi connectivity index (χ0v) is 12.2. The van der Waals surface area contributed by atoms with E-state index >= 15 is 0 Å². The summed E-state index contributed by atoms with van der Waals surface area (Å²) in [4.78, 5) is 18.3. The van der Waals surface area contributed by atoms with Crippen molar-refractivity contribution in [3.8, 4) is 0 Å². The van der Waals surface area contributed by atoms with Gasteiger partial charge in [0.15, 0.2) is 0 Å². The second-order valence-electron chi connectivity index (χ2n) is 5.95. The molecule has 0 saturated carbocycles. The fourth-order valence-corrected chi connectivity index (χ4v) is 2.15. The molecule has 0 radical (unpaired) electrons. The molecule has 0 aliphatic carbocycles. The number of fused-ring (bicyclic) bond motifs is 1. The van der Waals surface area contributed by atoms with E-state index in [0.717, 1.165) is 24.1 Å². The molecule has 0 unspecified atom stereocenters. The molecule has 0 spiro atoms. The molecule has 1 amide bonds. The van der Waals surface area contributed by atoms with E-state index in [4.69, 9.17) is 4.74 Å². The average molecular weight is 262 g/mol. The third-order valence-electron chi connectivity index (χ3n) is 3.16. The summed E-state index contributed by atoms with van der Waals surface area (Å²) in [6.45, 7) is 9.06. The Bertz CT molecular complexity index is 478. The number of amides is 1. The molecule has 1 aromatic rings.